The van der Waals surface area contributed by atoms with Crippen molar-refractivity contribution in [3.05, 3.63) is 36.5 Å². The predicted octanol–water partition coefficient (Wildman–Crippen LogP) is 2.94. The van der Waals surface area contributed by atoms with Gasteiger partial charge in [0.1, 0.15) is 11.3 Å². The normalized spacial score (nSPS) is 16.7. The highest BCUT2D eigenvalue weighted by Gasteiger charge is 2.34. The lowest BCUT2D eigenvalue weighted by Gasteiger charge is -2.31. The number of hydrogen-bond acceptors (Lipinski definition) is 4. The molecule has 0 aliphatic carbocycles. The molecule has 1 N–H and O–H groups in total. The molecular formula is C19H24N2O3. The molecule has 0 bridgehead atoms. The molecule has 1 aliphatic rings. The Morgan fingerprint density at radius 1 is 1.29 bits per heavy atom. The lowest BCUT2D eigenvalue weighted by molar-refractivity contribution is -0.135. The van der Waals surface area contributed by atoms with Crippen LogP contribution in [0.1, 0.15) is 26.2 Å². The van der Waals surface area contributed by atoms with Gasteiger partial charge in [0.15, 0.2) is 0 Å². The number of fused-ring (bicyclic) bond motifs is 1. The summed E-state index contributed by atoms with van der Waals surface area (Å²) >= 11 is 0. The van der Waals surface area contributed by atoms with E-state index in [9.17, 15) is 4.79 Å². The molecule has 1 amide bonds. The monoisotopic (exact) mass is 328 g/mol. The minimum Gasteiger partial charge on any atom is -0.491 e. The summed E-state index contributed by atoms with van der Waals surface area (Å²) in [7, 11) is 0. The van der Waals surface area contributed by atoms with Gasteiger partial charge in [0.05, 0.1) is 12.0 Å². The van der Waals surface area contributed by atoms with E-state index in [2.05, 4.69) is 10.3 Å². The minimum atomic E-state index is -0.293. The quantitative estimate of drug-likeness (QED) is 0.828. The predicted molar refractivity (Wildman–Crippen MR) is 93.0 cm³/mol. The minimum absolute atomic E-state index is 0.123. The van der Waals surface area contributed by atoms with Gasteiger partial charge in [0, 0.05) is 31.3 Å². The van der Waals surface area contributed by atoms with Crippen LogP contribution in [0.3, 0.4) is 0 Å². The van der Waals surface area contributed by atoms with E-state index in [1.165, 1.54) is 0 Å². The van der Waals surface area contributed by atoms with Gasteiger partial charge in [-0.05, 0) is 31.4 Å². The van der Waals surface area contributed by atoms with E-state index in [4.69, 9.17) is 9.47 Å². The number of pyridine rings is 1. The fourth-order valence-electron chi connectivity index (χ4n) is 2.91. The summed E-state index contributed by atoms with van der Waals surface area (Å²) in [6.45, 7) is 4.52. The van der Waals surface area contributed by atoms with Crippen LogP contribution in [0.2, 0.25) is 0 Å². The summed E-state index contributed by atoms with van der Waals surface area (Å²) < 4.78 is 11.2. The van der Waals surface area contributed by atoms with Crippen LogP contribution in [0.5, 0.6) is 5.75 Å². The van der Waals surface area contributed by atoms with Crippen LogP contribution in [-0.2, 0) is 9.53 Å². The standard InChI is InChI=1S/C19H24N2O3/c1-19(8-13-23-14-9-19)18(22)21-11-4-12-24-16-7-2-5-15-6-3-10-20-17(15)16/h2-3,5-7,10H,4,8-9,11-14H2,1H3,(H,21,22). The van der Waals surface area contributed by atoms with Crippen LogP contribution in [-0.4, -0.2) is 37.3 Å². The first-order valence-electron chi connectivity index (χ1n) is 8.52. The lowest BCUT2D eigenvalue weighted by atomic mass is 9.81. The first-order valence-corrected chi connectivity index (χ1v) is 8.52. The number of amides is 1. The molecule has 1 aliphatic heterocycles. The number of aromatic nitrogens is 1. The maximum absolute atomic E-state index is 12.3. The number of hydrogen-bond donors (Lipinski definition) is 1. The van der Waals surface area contributed by atoms with Crippen molar-refractivity contribution in [2.75, 3.05) is 26.4 Å². The number of ether oxygens (including phenoxy) is 2. The maximum Gasteiger partial charge on any atom is 0.226 e. The summed E-state index contributed by atoms with van der Waals surface area (Å²) in [5.41, 5.74) is 0.581. The SMILES string of the molecule is CC1(C(=O)NCCCOc2cccc3cccnc23)CCOCC1. The van der Waals surface area contributed by atoms with Crippen molar-refractivity contribution < 1.29 is 14.3 Å². The Bertz CT molecular complexity index is 691. The van der Waals surface area contributed by atoms with E-state index < -0.39 is 0 Å². The highest BCUT2D eigenvalue weighted by Crippen LogP contribution is 2.29. The van der Waals surface area contributed by atoms with Gasteiger partial charge in [-0.15, -0.1) is 0 Å². The van der Waals surface area contributed by atoms with E-state index in [1.54, 1.807) is 6.20 Å². The zero-order chi connectivity index (χ0) is 16.8. The Morgan fingerprint density at radius 2 is 2.08 bits per heavy atom. The number of nitrogens with zero attached hydrogens (tertiary/aromatic N) is 1. The lowest BCUT2D eigenvalue weighted by Crippen LogP contribution is -2.43. The molecule has 3 rings (SSSR count). The number of nitrogens with one attached hydrogen (secondary N) is 1. The number of benzene rings is 1. The topological polar surface area (TPSA) is 60.5 Å². The number of rotatable bonds is 6. The van der Waals surface area contributed by atoms with Gasteiger partial charge in [-0.25, -0.2) is 0 Å². The Kier molecular flexibility index (Phi) is 5.30. The number of para-hydroxylation sites is 1. The second-order valence-electron chi connectivity index (χ2n) is 6.46. The summed E-state index contributed by atoms with van der Waals surface area (Å²) in [4.78, 5) is 16.7. The molecule has 1 fully saturated rings. The van der Waals surface area contributed by atoms with Crippen molar-refractivity contribution in [1.82, 2.24) is 10.3 Å². The molecule has 0 radical (unpaired) electrons. The van der Waals surface area contributed by atoms with Crippen LogP contribution in [0, 0.1) is 5.41 Å². The molecule has 0 unspecified atom stereocenters. The fourth-order valence-corrected chi connectivity index (χ4v) is 2.91. The second kappa shape index (κ2) is 7.62. The van der Waals surface area contributed by atoms with Crippen molar-refractivity contribution in [2.24, 2.45) is 5.41 Å². The van der Waals surface area contributed by atoms with Crippen LogP contribution in [0.25, 0.3) is 10.9 Å². The van der Waals surface area contributed by atoms with Crippen molar-refractivity contribution in [3.8, 4) is 5.75 Å². The van der Waals surface area contributed by atoms with Gasteiger partial charge in [-0.2, -0.15) is 0 Å². The van der Waals surface area contributed by atoms with Gasteiger partial charge in [-0.3, -0.25) is 9.78 Å². The number of carbonyl (C=O) groups is 1. The summed E-state index contributed by atoms with van der Waals surface area (Å²) in [6.07, 6.45) is 4.11. The Labute approximate surface area is 142 Å². The Hall–Kier alpha value is -2.14. The zero-order valence-electron chi connectivity index (χ0n) is 14.1. The first-order chi connectivity index (χ1) is 11.7. The molecule has 5 heteroatoms. The van der Waals surface area contributed by atoms with E-state index >= 15 is 0 Å². The molecule has 24 heavy (non-hydrogen) atoms. The number of carbonyl (C=O) groups excluding carboxylic acids is 1. The highest BCUT2D eigenvalue weighted by atomic mass is 16.5. The van der Waals surface area contributed by atoms with Gasteiger partial charge < -0.3 is 14.8 Å². The third-order valence-electron chi connectivity index (χ3n) is 4.60. The van der Waals surface area contributed by atoms with Crippen LogP contribution >= 0.6 is 0 Å². The molecule has 0 spiro atoms. The third-order valence-corrected chi connectivity index (χ3v) is 4.60. The maximum atomic E-state index is 12.3. The van der Waals surface area contributed by atoms with Gasteiger partial charge in [0.25, 0.3) is 0 Å². The Balaban J connectivity index is 1.44. The molecule has 2 heterocycles. The largest absolute Gasteiger partial charge is 0.491 e. The van der Waals surface area contributed by atoms with Crippen LogP contribution in [0.15, 0.2) is 36.5 Å². The van der Waals surface area contributed by atoms with Gasteiger partial charge >= 0.3 is 0 Å². The molecule has 128 valence electrons. The first kappa shape index (κ1) is 16.7. The van der Waals surface area contributed by atoms with E-state index in [0.717, 1.165) is 35.9 Å². The van der Waals surface area contributed by atoms with Crippen molar-refractivity contribution >= 4 is 16.8 Å². The zero-order valence-corrected chi connectivity index (χ0v) is 14.1. The highest BCUT2D eigenvalue weighted by molar-refractivity contribution is 5.84. The van der Waals surface area contributed by atoms with Crippen molar-refractivity contribution in [3.63, 3.8) is 0 Å². The molecular weight excluding hydrogens is 304 g/mol. The summed E-state index contributed by atoms with van der Waals surface area (Å²) in [5.74, 6) is 0.911. The van der Waals surface area contributed by atoms with Crippen LogP contribution in [0.4, 0.5) is 0 Å². The second-order valence-corrected chi connectivity index (χ2v) is 6.46. The molecule has 5 nitrogen and oxygen atoms in total. The van der Waals surface area contributed by atoms with Gasteiger partial charge in [-0.1, -0.05) is 25.1 Å². The summed E-state index contributed by atoms with van der Waals surface area (Å²) in [5, 5.41) is 4.09. The van der Waals surface area contributed by atoms with E-state index in [0.29, 0.717) is 26.4 Å². The van der Waals surface area contributed by atoms with Crippen LogP contribution < -0.4 is 10.1 Å². The summed E-state index contributed by atoms with van der Waals surface area (Å²) in [6, 6.07) is 9.84. The smallest absolute Gasteiger partial charge is 0.226 e. The molecule has 0 atom stereocenters. The van der Waals surface area contributed by atoms with E-state index in [-0.39, 0.29) is 11.3 Å². The van der Waals surface area contributed by atoms with Crippen molar-refractivity contribution in [2.45, 2.75) is 26.2 Å². The van der Waals surface area contributed by atoms with Gasteiger partial charge in [0.2, 0.25) is 5.91 Å². The Morgan fingerprint density at radius 3 is 2.92 bits per heavy atom. The molecule has 2 aromatic rings. The van der Waals surface area contributed by atoms with Crippen molar-refractivity contribution in [1.29, 1.82) is 0 Å². The molecule has 1 aromatic heterocycles. The molecule has 0 saturated carbocycles. The fraction of sp³-hybridized carbons (Fsp3) is 0.474. The molecule has 1 saturated heterocycles. The van der Waals surface area contributed by atoms with E-state index in [1.807, 2.05) is 37.3 Å². The molecule has 1 aromatic carbocycles. The third kappa shape index (κ3) is 3.85. The average molecular weight is 328 g/mol. The average Bonchev–Trinajstić information content (AvgIpc) is 2.62.